The molecule has 0 aliphatic carbocycles. The molecule has 0 radical (unpaired) electrons. The van der Waals surface area contributed by atoms with E-state index < -0.39 is 0 Å². The van der Waals surface area contributed by atoms with Gasteiger partial charge in [0.25, 0.3) is 0 Å². The molecule has 3 aromatic rings. The number of thiazole rings is 1. The minimum atomic E-state index is 0.736. The van der Waals surface area contributed by atoms with E-state index in [2.05, 4.69) is 15.4 Å². The third kappa shape index (κ3) is 3.37. The van der Waals surface area contributed by atoms with Crippen molar-refractivity contribution in [3.05, 3.63) is 63.8 Å². The number of anilines is 1. The highest BCUT2D eigenvalue weighted by Crippen LogP contribution is 2.13. The lowest BCUT2D eigenvalue weighted by Gasteiger charge is -2.02. The molecule has 3 rings (SSSR count). The van der Waals surface area contributed by atoms with E-state index in [1.165, 1.54) is 10.4 Å². The van der Waals surface area contributed by atoms with Gasteiger partial charge < -0.3 is 5.32 Å². The molecule has 0 aliphatic heterocycles. The van der Waals surface area contributed by atoms with Gasteiger partial charge in [0, 0.05) is 22.3 Å². The van der Waals surface area contributed by atoms with Gasteiger partial charge in [0.1, 0.15) is 0 Å². The summed E-state index contributed by atoms with van der Waals surface area (Å²) < 4.78 is 1.90. The predicted octanol–water partition coefficient (Wildman–Crippen LogP) is 3.65. The van der Waals surface area contributed by atoms with E-state index in [1.807, 2.05) is 53.0 Å². The Morgan fingerprint density at radius 1 is 1.20 bits per heavy atom. The van der Waals surface area contributed by atoms with Crippen LogP contribution in [0.2, 0.25) is 5.02 Å². The van der Waals surface area contributed by atoms with Crippen LogP contribution in [0.3, 0.4) is 0 Å². The van der Waals surface area contributed by atoms with Crippen LogP contribution < -0.4 is 5.32 Å². The maximum absolute atomic E-state index is 5.87. The molecule has 2 aromatic heterocycles. The molecule has 1 N–H and O–H groups in total. The summed E-state index contributed by atoms with van der Waals surface area (Å²) in [5.41, 5.74) is 4.01. The first-order chi connectivity index (χ1) is 9.79. The van der Waals surface area contributed by atoms with Crippen molar-refractivity contribution in [2.75, 3.05) is 5.32 Å². The van der Waals surface area contributed by atoms with E-state index in [-0.39, 0.29) is 0 Å². The van der Waals surface area contributed by atoms with Gasteiger partial charge in [-0.3, -0.25) is 9.67 Å². The molecule has 102 valence electrons. The van der Waals surface area contributed by atoms with Crippen LogP contribution >= 0.6 is 22.9 Å². The average Bonchev–Trinajstić information content (AvgIpc) is 3.10. The lowest BCUT2D eigenvalue weighted by Crippen LogP contribution is -2.00. The van der Waals surface area contributed by atoms with E-state index in [1.54, 1.807) is 11.3 Å². The number of nitrogens with one attached hydrogen (secondary N) is 1. The van der Waals surface area contributed by atoms with Crippen LogP contribution in [-0.2, 0) is 13.1 Å². The lowest BCUT2D eigenvalue weighted by molar-refractivity contribution is 0.687. The van der Waals surface area contributed by atoms with Gasteiger partial charge >= 0.3 is 0 Å². The zero-order chi connectivity index (χ0) is 13.8. The summed E-state index contributed by atoms with van der Waals surface area (Å²) in [6.45, 7) is 1.51. The third-order valence-corrected chi connectivity index (χ3v) is 3.87. The Balaban J connectivity index is 1.60. The van der Waals surface area contributed by atoms with Crippen LogP contribution in [0.15, 0.2) is 48.4 Å². The summed E-state index contributed by atoms with van der Waals surface area (Å²) in [5.74, 6) is 0. The number of hydrogen-bond acceptors (Lipinski definition) is 4. The quantitative estimate of drug-likeness (QED) is 0.782. The van der Waals surface area contributed by atoms with Gasteiger partial charge in [-0.25, -0.2) is 0 Å². The number of nitrogens with zero attached hydrogens (tertiary/aromatic N) is 3. The molecule has 6 heteroatoms. The summed E-state index contributed by atoms with van der Waals surface area (Å²) in [4.78, 5) is 5.25. The zero-order valence-electron chi connectivity index (χ0n) is 10.7. The molecule has 0 bridgehead atoms. The molecule has 0 aliphatic rings. The maximum Gasteiger partial charge on any atom is 0.0794 e. The highest BCUT2D eigenvalue weighted by Gasteiger charge is 2.01. The number of aromatic nitrogens is 3. The summed E-state index contributed by atoms with van der Waals surface area (Å²) in [6.07, 6.45) is 5.70. The van der Waals surface area contributed by atoms with Gasteiger partial charge in [0.2, 0.25) is 0 Å². The SMILES string of the molecule is Clc1ccc(Cn2cc(NCc3cncs3)cn2)cc1. The first kappa shape index (κ1) is 13.1. The van der Waals surface area contributed by atoms with E-state index in [0.717, 1.165) is 23.8 Å². The molecule has 4 nitrogen and oxygen atoms in total. The van der Waals surface area contributed by atoms with Crippen molar-refractivity contribution in [1.82, 2.24) is 14.8 Å². The van der Waals surface area contributed by atoms with Crippen molar-refractivity contribution in [2.45, 2.75) is 13.1 Å². The Kier molecular flexibility index (Phi) is 3.99. The molecule has 2 heterocycles. The lowest BCUT2D eigenvalue weighted by atomic mass is 10.2. The maximum atomic E-state index is 5.87. The molecule has 0 unspecified atom stereocenters. The monoisotopic (exact) mass is 304 g/mol. The van der Waals surface area contributed by atoms with E-state index in [4.69, 9.17) is 11.6 Å². The predicted molar refractivity (Wildman–Crippen MR) is 82.2 cm³/mol. The smallest absolute Gasteiger partial charge is 0.0794 e. The molecule has 0 saturated heterocycles. The van der Waals surface area contributed by atoms with Crippen molar-refractivity contribution in [2.24, 2.45) is 0 Å². The Hall–Kier alpha value is -1.85. The number of halogens is 1. The molecule has 0 amide bonds. The highest BCUT2D eigenvalue weighted by atomic mass is 35.5. The zero-order valence-corrected chi connectivity index (χ0v) is 12.2. The van der Waals surface area contributed by atoms with Crippen LogP contribution in [0.25, 0.3) is 0 Å². The molecule has 0 spiro atoms. The summed E-state index contributed by atoms with van der Waals surface area (Å²) >= 11 is 7.51. The molecule has 1 aromatic carbocycles. The van der Waals surface area contributed by atoms with Crippen LogP contribution in [-0.4, -0.2) is 14.8 Å². The van der Waals surface area contributed by atoms with Gasteiger partial charge in [-0.2, -0.15) is 5.10 Å². The van der Waals surface area contributed by atoms with Crippen LogP contribution in [0.5, 0.6) is 0 Å². The second kappa shape index (κ2) is 6.07. The Morgan fingerprint density at radius 2 is 2.05 bits per heavy atom. The van der Waals surface area contributed by atoms with Gasteiger partial charge in [-0.1, -0.05) is 23.7 Å². The number of rotatable bonds is 5. The minimum absolute atomic E-state index is 0.736. The number of benzene rings is 1. The molecule has 0 atom stereocenters. The Labute approximate surface area is 126 Å². The molecule has 0 saturated carbocycles. The third-order valence-electron chi connectivity index (χ3n) is 2.84. The Bertz CT molecular complexity index is 661. The van der Waals surface area contributed by atoms with Gasteiger partial charge in [-0.05, 0) is 17.7 Å². The summed E-state index contributed by atoms with van der Waals surface area (Å²) in [5, 5.41) is 8.42. The molecule has 20 heavy (non-hydrogen) atoms. The van der Waals surface area contributed by atoms with E-state index >= 15 is 0 Å². The van der Waals surface area contributed by atoms with Gasteiger partial charge in [0.05, 0.1) is 30.5 Å². The van der Waals surface area contributed by atoms with Crippen molar-refractivity contribution >= 4 is 28.6 Å². The molecular weight excluding hydrogens is 292 g/mol. The second-order valence-corrected chi connectivity index (χ2v) is 5.78. The van der Waals surface area contributed by atoms with Gasteiger partial charge in [0.15, 0.2) is 0 Å². The summed E-state index contributed by atoms with van der Waals surface area (Å²) in [6, 6.07) is 7.80. The van der Waals surface area contributed by atoms with Crippen molar-refractivity contribution < 1.29 is 0 Å². The van der Waals surface area contributed by atoms with E-state index in [0.29, 0.717) is 0 Å². The Morgan fingerprint density at radius 3 is 2.80 bits per heavy atom. The molecule has 0 fully saturated rings. The second-order valence-electron chi connectivity index (χ2n) is 4.37. The van der Waals surface area contributed by atoms with Crippen LogP contribution in [0.1, 0.15) is 10.4 Å². The fraction of sp³-hybridized carbons (Fsp3) is 0.143. The first-order valence-corrected chi connectivity index (χ1v) is 7.43. The van der Waals surface area contributed by atoms with E-state index in [9.17, 15) is 0 Å². The normalized spacial score (nSPS) is 10.7. The van der Waals surface area contributed by atoms with Crippen molar-refractivity contribution in [1.29, 1.82) is 0 Å². The van der Waals surface area contributed by atoms with Crippen molar-refractivity contribution in [3.63, 3.8) is 0 Å². The number of hydrogen-bond donors (Lipinski definition) is 1. The summed E-state index contributed by atoms with van der Waals surface area (Å²) in [7, 11) is 0. The average molecular weight is 305 g/mol. The minimum Gasteiger partial charge on any atom is -0.378 e. The topological polar surface area (TPSA) is 42.7 Å². The van der Waals surface area contributed by atoms with Crippen LogP contribution in [0.4, 0.5) is 5.69 Å². The first-order valence-electron chi connectivity index (χ1n) is 6.18. The largest absolute Gasteiger partial charge is 0.378 e. The standard InChI is InChI=1S/C14H13ClN4S/c15-12-3-1-11(2-4-12)8-19-9-13(5-18-19)17-7-14-6-16-10-20-14/h1-6,9-10,17H,7-8H2. The van der Waals surface area contributed by atoms with Crippen LogP contribution in [0, 0.1) is 0 Å². The highest BCUT2D eigenvalue weighted by molar-refractivity contribution is 7.09. The fourth-order valence-electron chi connectivity index (χ4n) is 1.84. The molecular formula is C14H13ClN4S. The van der Waals surface area contributed by atoms with Gasteiger partial charge in [-0.15, -0.1) is 11.3 Å². The fourth-order valence-corrected chi connectivity index (χ4v) is 2.50. The van der Waals surface area contributed by atoms with Crippen molar-refractivity contribution in [3.8, 4) is 0 Å².